The van der Waals surface area contributed by atoms with Gasteiger partial charge in [-0.2, -0.15) is 0 Å². The van der Waals surface area contributed by atoms with Gasteiger partial charge in [0.25, 0.3) is 0 Å². The van der Waals surface area contributed by atoms with Crippen molar-refractivity contribution in [2.45, 2.75) is 25.8 Å². The summed E-state index contributed by atoms with van der Waals surface area (Å²) >= 11 is 0. The first-order valence-electron chi connectivity index (χ1n) is 5.44. The molecule has 0 radical (unpaired) electrons. The van der Waals surface area contributed by atoms with Crippen LogP contribution in [0, 0.1) is 0 Å². The average molecular weight is 225 g/mol. The second-order valence-electron chi connectivity index (χ2n) is 3.74. The van der Waals surface area contributed by atoms with Crippen molar-refractivity contribution in [1.82, 2.24) is 14.9 Å². The Morgan fingerprint density at radius 3 is 2.94 bits per heavy atom. The Morgan fingerprint density at radius 2 is 2.44 bits per heavy atom. The maximum atomic E-state index is 11.5. The smallest absolute Gasteiger partial charge is 0.246 e. The highest BCUT2D eigenvalue weighted by Gasteiger charge is 2.17. The fraction of sp³-hybridized carbons (Fsp3) is 0.636. The van der Waals surface area contributed by atoms with Crippen LogP contribution < -0.4 is 5.32 Å². The molecular formula is C11H19N3O2. The number of hydrogen-bond acceptors (Lipinski definition) is 3. The standard InChI is InChI=1S/C11H19N3O2/c1-4-5-9(13-10(15)8-16-3)11-12-6-7-14(11)2/h6-7,9H,4-5,8H2,1-3H3,(H,13,15)/t9-/m1/s1. The SMILES string of the molecule is CCC[C@@H](NC(=O)COC)c1nccn1C. The van der Waals surface area contributed by atoms with Crippen molar-refractivity contribution in [2.75, 3.05) is 13.7 Å². The molecule has 1 aromatic rings. The quantitative estimate of drug-likeness (QED) is 0.786. The van der Waals surface area contributed by atoms with Gasteiger partial charge in [0.2, 0.25) is 5.91 Å². The Bertz CT molecular complexity index is 336. The molecule has 0 aliphatic heterocycles. The van der Waals surface area contributed by atoms with E-state index in [4.69, 9.17) is 4.74 Å². The lowest BCUT2D eigenvalue weighted by molar-refractivity contribution is -0.125. The van der Waals surface area contributed by atoms with Gasteiger partial charge in [0.05, 0.1) is 6.04 Å². The zero-order valence-electron chi connectivity index (χ0n) is 10.1. The lowest BCUT2D eigenvalue weighted by Gasteiger charge is -2.17. The third-order valence-electron chi connectivity index (χ3n) is 2.36. The van der Waals surface area contributed by atoms with Crippen LogP contribution in [0.3, 0.4) is 0 Å². The van der Waals surface area contributed by atoms with Gasteiger partial charge in [-0.25, -0.2) is 4.98 Å². The summed E-state index contributed by atoms with van der Waals surface area (Å²) < 4.78 is 6.72. The second kappa shape index (κ2) is 6.27. The molecular weight excluding hydrogens is 206 g/mol. The molecule has 1 rings (SSSR count). The van der Waals surface area contributed by atoms with Gasteiger partial charge in [0.1, 0.15) is 12.4 Å². The van der Waals surface area contributed by atoms with E-state index in [0.29, 0.717) is 0 Å². The number of carbonyl (C=O) groups is 1. The summed E-state index contributed by atoms with van der Waals surface area (Å²) in [6.45, 7) is 2.17. The topological polar surface area (TPSA) is 56.1 Å². The van der Waals surface area contributed by atoms with E-state index in [1.54, 1.807) is 6.20 Å². The molecule has 0 aromatic carbocycles. The number of methoxy groups -OCH3 is 1. The molecule has 1 atom stereocenters. The first-order chi connectivity index (χ1) is 7.69. The largest absolute Gasteiger partial charge is 0.375 e. The van der Waals surface area contributed by atoms with Gasteiger partial charge < -0.3 is 14.6 Å². The van der Waals surface area contributed by atoms with E-state index < -0.39 is 0 Å². The summed E-state index contributed by atoms with van der Waals surface area (Å²) in [6, 6.07) is -0.0346. The number of rotatable bonds is 6. The Balaban J connectivity index is 2.68. The Labute approximate surface area is 95.8 Å². The average Bonchev–Trinajstić information content (AvgIpc) is 2.64. The van der Waals surface area contributed by atoms with E-state index in [2.05, 4.69) is 17.2 Å². The number of hydrogen-bond donors (Lipinski definition) is 1. The molecule has 5 nitrogen and oxygen atoms in total. The molecule has 90 valence electrons. The summed E-state index contributed by atoms with van der Waals surface area (Å²) in [6.07, 6.45) is 5.48. The summed E-state index contributed by atoms with van der Waals surface area (Å²) in [7, 11) is 3.43. The van der Waals surface area contributed by atoms with Crippen molar-refractivity contribution in [1.29, 1.82) is 0 Å². The molecule has 0 aliphatic rings. The zero-order valence-corrected chi connectivity index (χ0v) is 10.1. The molecule has 16 heavy (non-hydrogen) atoms. The molecule has 1 N–H and O–H groups in total. The summed E-state index contributed by atoms with van der Waals surface area (Å²) in [5.41, 5.74) is 0. The predicted molar refractivity (Wildman–Crippen MR) is 60.9 cm³/mol. The molecule has 5 heteroatoms. The van der Waals surface area contributed by atoms with E-state index in [9.17, 15) is 4.79 Å². The van der Waals surface area contributed by atoms with Gasteiger partial charge in [-0.05, 0) is 6.42 Å². The normalized spacial score (nSPS) is 12.4. The lowest BCUT2D eigenvalue weighted by atomic mass is 10.1. The van der Waals surface area contributed by atoms with Crippen molar-refractivity contribution in [3.63, 3.8) is 0 Å². The van der Waals surface area contributed by atoms with Crippen LogP contribution in [0.1, 0.15) is 31.6 Å². The summed E-state index contributed by atoms with van der Waals surface area (Å²) in [5, 5.41) is 2.91. The maximum Gasteiger partial charge on any atom is 0.246 e. The minimum absolute atomic E-state index is 0.0346. The van der Waals surface area contributed by atoms with Crippen LogP contribution in [0.5, 0.6) is 0 Å². The highest BCUT2D eigenvalue weighted by Crippen LogP contribution is 2.15. The van der Waals surface area contributed by atoms with E-state index in [1.807, 2.05) is 17.8 Å². The van der Waals surface area contributed by atoms with Crippen LogP contribution in [0.15, 0.2) is 12.4 Å². The van der Waals surface area contributed by atoms with Gasteiger partial charge in [0.15, 0.2) is 0 Å². The molecule has 0 saturated carbocycles. The van der Waals surface area contributed by atoms with Crippen LogP contribution >= 0.6 is 0 Å². The second-order valence-corrected chi connectivity index (χ2v) is 3.74. The molecule has 1 amide bonds. The van der Waals surface area contributed by atoms with E-state index in [1.165, 1.54) is 7.11 Å². The first kappa shape index (κ1) is 12.7. The van der Waals surface area contributed by atoms with Crippen molar-refractivity contribution < 1.29 is 9.53 Å². The van der Waals surface area contributed by atoms with Crippen molar-refractivity contribution >= 4 is 5.91 Å². The Morgan fingerprint density at radius 1 is 1.69 bits per heavy atom. The molecule has 1 aromatic heterocycles. The molecule has 0 spiro atoms. The Hall–Kier alpha value is -1.36. The first-order valence-corrected chi connectivity index (χ1v) is 5.44. The monoisotopic (exact) mass is 225 g/mol. The van der Waals surface area contributed by atoms with Gasteiger partial charge in [-0.1, -0.05) is 13.3 Å². The van der Waals surface area contributed by atoms with E-state index in [0.717, 1.165) is 18.7 Å². The molecule has 0 fully saturated rings. The van der Waals surface area contributed by atoms with E-state index >= 15 is 0 Å². The number of aromatic nitrogens is 2. The number of nitrogens with one attached hydrogen (secondary N) is 1. The lowest BCUT2D eigenvalue weighted by Crippen LogP contribution is -2.32. The third-order valence-corrected chi connectivity index (χ3v) is 2.36. The number of carbonyl (C=O) groups excluding carboxylic acids is 1. The Kier molecular flexibility index (Phi) is 4.98. The van der Waals surface area contributed by atoms with Gasteiger partial charge >= 0.3 is 0 Å². The highest BCUT2D eigenvalue weighted by molar-refractivity contribution is 5.77. The summed E-state index contributed by atoms with van der Waals surface area (Å²) in [4.78, 5) is 15.7. The molecule has 0 bridgehead atoms. The van der Waals surface area contributed by atoms with E-state index in [-0.39, 0.29) is 18.6 Å². The minimum atomic E-state index is -0.107. The van der Waals surface area contributed by atoms with Crippen LogP contribution in [-0.4, -0.2) is 29.2 Å². The van der Waals surface area contributed by atoms with Crippen molar-refractivity contribution in [3.05, 3.63) is 18.2 Å². The predicted octanol–water partition coefficient (Wildman–Crippen LogP) is 1.02. The maximum absolute atomic E-state index is 11.5. The summed E-state index contributed by atoms with van der Waals surface area (Å²) in [5.74, 6) is 0.773. The van der Waals surface area contributed by atoms with Gasteiger partial charge in [-0.3, -0.25) is 4.79 Å². The highest BCUT2D eigenvalue weighted by atomic mass is 16.5. The van der Waals surface area contributed by atoms with Crippen molar-refractivity contribution in [2.24, 2.45) is 7.05 Å². The van der Waals surface area contributed by atoms with Crippen molar-refractivity contribution in [3.8, 4) is 0 Å². The fourth-order valence-electron chi connectivity index (χ4n) is 1.63. The van der Waals surface area contributed by atoms with Crippen LogP contribution in [-0.2, 0) is 16.6 Å². The number of imidazole rings is 1. The number of ether oxygens (including phenoxy) is 1. The fourth-order valence-corrected chi connectivity index (χ4v) is 1.63. The molecule has 1 heterocycles. The zero-order chi connectivity index (χ0) is 12.0. The molecule has 0 saturated heterocycles. The van der Waals surface area contributed by atoms with Crippen LogP contribution in [0.4, 0.5) is 0 Å². The third kappa shape index (κ3) is 3.34. The number of amides is 1. The van der Waals surface area contributed by atoms with Gasteiger partial charge in [-0.15, -0.1) is 0 Å². The number of nitrogens with zero attached hydrogens (tertiary/aromatic N) is 2. The van der Waals surface area contributed by atoms with Crippen LogP contribution in [0.25, 0.3) is 0 Å². The minimum Gasteiger partial charge on any atom is -0.375 e. The van der Waals surface area contributed by atoms with Crippen LogP contribution in [0.2, 0.25) is 0 Å². The molecule has 0 unspecified atom stereocenters. The molecule has 0 aliphatic carbocycles. The number of aryl methyl sites for hydroxylation is 1. The van der Waals surface area contributed by atoms with Gasteiger partial charge in [0, 0.05) is 26.6 Å².